The lowest BCUT2D eigenvalue weighted by Gasteiger charge is -2.22. The van der Waals surface area contributed by atoms with E-state index < -0.39 is 28.4 Å². The number of fused-ring (bicyclic) bond motifs is 1. The Morgan fingerprint density at radius 3 is 2.44 bits per heavy atom. The van der Waals surface area contributed by atoms with Crippen molar-refractivity contribution in [1.29, 1.82) is 0 Å². The van der Waals surface area contributed by atoms with Crippen LogP contribution in [0.15, 0.2) is 76.8 Å². The number of hydrogen-bond acceptors (Lipinski definition) is 10. The number of nitrogens with zero attached hydrogens (tertiary/aromatic N) is 6. The molecule has 0 bridgehead atoms. The highest BCUT2D eigenvalue weighted by atomic mass is 32.2. The van der Waals surface area contributed by atoms with Crippen molar-refractivity contribution in [3.05, 3.63) is 116 Å². The summed E-state index contributed by atoms with van der Waals surface area (Å²) >= 11 is 2.59. The molecule has 2 aromatic carbocycles. The number of benzene rings is 2. The molecule has 1 fully saturated rings. The molecule has 0 aliphatic carbocycles. The molecule has 5 aromatic rings. The van der Waals surface area contributed by atoms with Gasteiger partial charge in [0.05, 0.1) is 22.2 Å². The first-order valence-electron chi connectivity index (χ1n) is 13.2. The maximum absolute atomic E-state index is 13.6. The van der Waals surface area contributed by atoms with Gasteiger partial charge in [0.2, 0.25) is 5.13 Å². The summed E-state index contributed by atoms with van der Waals surface area (Å²) in [4.78, 5) is 43.7. The second-order valence-corrected chi connectivity index (χ2v) is 12.3. The molecule has 1 aliphatic heterocycles. The van der Waals surface area contributed by atoms with Crippen LogP contribution in [0.5, 0.6) is 0 Å². The number of rotatable bonds is 7. The Morgan fingerprint density at radius 2 is 1.77 bits per heavy atom. The van der Waals surface area contributed by atoms with Gasteiger partial charge in [-0.25, -0.2) is 4.98 Å². The second kappa shape index (κ2) is 11.1. The van der Waals surface area contributed by atoms with Crippen LogP contribution in [0.3, 0.4) is 0 Å². The van der Waals surface area contributed by atoms with Gasteiger partial charge in [-0.05, 0) is 55.7 Å². The highest BCUT2D eigenvalue weighted by Crippen LogP contribution is 2.44. The van der Waals surface area contributed by atoms with Crippen molar-refractivity contribution < 1.29 is 19.6 Å². The highest BCUT2D eigenvalue weighted by molar-refractivity contribution is 8.00. The minimum atomic E-state index is -1.12. The third-order valence-corrected chi connectivity index (χ3v) is 9.38. The molecule has 6 rings (SSSR count). The minimum Gasteiger partial charge on any atom is -0.505 e. The van der Waals surface area contributed by atoms with Crippen LogP contribution in [0.25, 0.3) is 11.4 Å². The number of aliphatic hydroxyl groups excluding tert-OH is 1. The molecule has 1 N–H and O–H groups in total. The Labute approximate surface area is 253 Å². The Bertz CT molecular complexity index is 1950. The standard InChI is InChI=1S/C30H24N6O5S2/c1-16-6-8-19(9-7-16)15-42-30-33-32-29(43-30)35-24(20-10-12-21(13-11-20)36(40)41)22(26(38)28(35)39)25(37)23-18(3)34-14-4-5-17(2)27(34)31-23/h4-14,24,37H,15H2,1-3H3. The molecule has 0 radical (unpaired) electrons. The first kappa shape index (κ1) is 28.2. The molecular weight excluding hydrogens is 589 g/mol. The van der Waals surface area contributed by atoms with E-state index >= 15 is 0 Å². The summed E-state index contributed by atoms with van der Waals surface area (Å²) in [5.41, 5.74) is 4.49. The van der Waals surface area contributed by atoms with Crippen molar-refractivity contribution in [2.24, 2.45) is 0 Å². The van der Waals surface area contributed by atoms with Crippen LogP contribution in [0.4, 0.5) is 10.8 Å². The predicted molar refractivity (Wildman–Crippen MR) is 163 cm³/mol. The average Bonchev–Trinajstić information content (AvgIpc) is 3.68. The van der Waals surface area contributed by atoms with Gasteiger partial charge in [0.15, 0.2) is 10.1 Å². The molecule has 1 aliphatic rings. The highest BCUT2D eigenvalue weighted by Gasteiger charge is 2.49. The summed E-state index contributed by atoms with van der Waals surface area (Å²) in [6.45, 7) is 5.65. The Morgan fingerprint density at radius 1 is 1.05 bits per heavy atom. The molecule has 3 aromatic heterocycles. The van der Waals surface area contributed by atoms with Crippen molar-refractivity contribution in [2.45, 2.75) is 36.9 Å². The predicted octanol–water partition coefficient (Wildman–Crippen LogP) is 5.94. The summed E-state index contributed by atoms with van der Waals surface area (Å²) in [5, 5.41) is 31.6. The zero-order valence-corrected chi connectivity index (χ0v) is 24.8. The lowest BCUT2D eigenvalue weighted by atomic mass is 9.96. The molecule has 1 saturated heterocycles. The zero-order chi connectivity index (χ0) is 30.4. The number of pyridine rings is 1. The van der Waals surface area contributed by atoms with Crippen molar-refractivity contribution >= 4 is 57.0 Å². The van der Waals surface area contributed by atoms with E-state index in [1.54, 1.807) is 17.5 Å². The van der Waals surface area contributed by atoms with Gasteiger partial charge in [-0.1, -0.05) is 59.0 Å². The van der Waals surface area contributed by atoms with E-state index in [0.717, 1.165) is 28.0 Å². The summed E-state index contributed by atoms with van der Waals surface area (Å²) < 4.78 is 2.38. The molecule has 4 heterocycles. The molecule has 216 valence electrons. The van der Waals surface area contributed by atoms with Gasteiger partial charge < -0.3 is 9.51 Å². The van der Waals surface area contributed by atoms with Crippen LogP contribution in [-0.4, -0.2) is 41.3 Å². The normalized spacial score (nSPS) is 16.3. The molecule has 11 nitrogen and oxygen atoms in total. The molecule has 13 heteroatoms. The van der Waals surface area contributed by atoms with E-state index in [9.17, 15) is 24.8 Å². The van der Waals surface area contributed by atoms with Crippen molar-refractivity contribution in [2.75, 3.05) is 4.90 Å². The largest absolute Gasteiger partial charge is 0.505 e. The molecule has 1 atom stereocenters. The Kier molecular flexibility index (Phi) is 7.28. The van der Waals surface area contributed by atoms with Crippen molar-refractivity contribution in [1.82, 2.24) is 19.6 Å². The van der Waals surface area contributed by atoms with E-state index in [1.165, 1.54) is 40.9 Å². The lowest BCUT2D eigenvalue weighted by molar-refractivity contribution is -0.384. The first-order chi connectivity index (χ1) is 20.6. The number of hydrogen-bond donors (Lipinski definition) is 1. The van der Waals surface area contributed by atoms with Crippen LogP contribution >= 0.6 is 23.1 Å². The monoisotopic (exact) mass is 612 g/mol. The van der Waals surface area contributed by atoms with E-state index in [4.69, 9.17) is 0 Å². The van der Waals surface area contributed by atoms with Crippen LogP contribution in [-0.2, 0) is 15.3 Å². The third-order valence-electron chi connectivity index (χ3n) is 7.26. The number of imidazole rings is 1. The zero-order valence-electron chi connectivity index (χ0n) is 23.2. The maximum Gasteiger partial charge on any atom is 0.301 e. The number of Topliss-reactive ketones (excluding diaryl/α,β-unsaturated/α-hetero) is 1. The number of non-ortho nitro benzene ring substituents is 1. The second-order valence-electron chi connectivity index (χ2n) is 10.1. The number of aryl methyl sites for hydroxylation is 3. The SMILES string of the molecule is Cc1ccc(CSc2nnc(N3C(=O)C(=O)C(=C(O)c4nc5c(C)cccn5c4C)C3c3ccc([N+](=O)[O-])cc3)s2)cc1. The number of carbonyl (C=O) groups excluding carboxylic acids is 2. The molecule has 1 unspecified atom stereocenters. The third kappa shape index (κ3) is 5.06. The van der Waals surface area contributed by atoms with Gasteiger partial charge in [0.25, 0.3) is 11.5 Å². The lowest BCUT2D eigenvalue weighted by Crippen LogP contribution is -2.29. The Hall–Kier alpha value is -4.88. The number of amides is 1. The number of nitro groups is 1. The molecule has 43 heavy (non-hydrogen) atoms. The quantitative estimate of drug-likeness (QED) is 0.0449. The number of nitro benzene ring substituents is 1. The molecule has 1 amide bonds. The number of aromatic nitrogens is 4. The van der Waals surface area contributed by atoms with E-state index in [1.807, 2.05) is 50.2 Å². The van der Waals surface area contributed by atoms with Crippen LogP contribution in [0, 0.1) is 30.9 Å². The summed E-state index contributed by atoms with van der Waals surface area (Å²) in [6.07, 6.45) is 1.80. The van der Waals surface area contributed by atoms with Crippen molar-refractivity contribution in [3.8, 4) is 0 Å². The Balaban J connectivity index is 1.44. The van der Waals surface area contributed by atoms with Crippen LogP contribution in [0.1, 0.15) is 39.7 Å². The molecule has 0 saturated carbocycles. The number of anilines is 1. The fourth-order valence-electron chi connectivity index (χ4n) is 4.99. The van der Waals surface area contributed by atoms with Crippen molar-refractivity contribution in [3.63, 3.8) is 0 Å². The fourth-order valence-corrected chi connectivity index (χ4v) is 6.81. The topological polar surface area (TPSA) is 144 Å². The van der Waals surface area contributed by atoms with Crippen LogP contribution < -0.4 is 4.90 Å². The molecular formula is C30H24N6O5S2. The van der Waals surface area contributed by atoms with Crippen LogP contribution in [0.2, 0.25) is 0 Å². The maximum atomic E-state index is 13.6. The smallest absolute Gasteiger partial charge is 0.301 e. The van der Waals surface area contributed by atoms with Gasteiger partial charge >= 0.3 is 5.91 Å². The first-order valence-corrected chi connectivity index (χ1v) is 15.0. The average molecular weight is 613 g/mol. The van der Waals surface area contributed by atoms with Gasteiger partial charge in [-0.3, -0.25) is 24.6 Å². The number of ketones is 1. The number of aliphatic hydroxyl groups is 1. The molecule has 0 spiro atoms. The number of carbonyl (C=O) groups is 2. The van der Waals surface area contributed by atoms with Gasteiger partial charge in [-0.2, -0.15) is 0 Å². The van der Waals surface area contributed by atoms with E-state index in [0.29, 0.717) is 27.0 Å². The number of thioether (sulfide) groups is 1. The summed E-state index contributed by atoms with van der Waals surface area (Å²) in [5.74, 6) is -1.62. The van der Waals surface area contributed by atoms with Gasteiger partial charge in [0.1, 0.15) is 11.3 Å². The minimum absolute atomic E-state index is 0.155. The summed E-state index contributed by atoms with van der Waals surface area (Å²) in [7, 11) is 0. The summed E-state index contributed by atoms with van der Waals surface area (Å²) in [6, 6.07) is 16.2. The van der Waals surface area contributed by atoms with Gasteiger partial charge in [-0.15, -0.1) is 10.2 Å². The van der Waals surface area contributed by atoms with E-state index in [-0.39, 0.29) is 22.1 Å². The van der Waals surface area contributed by atoms with E-state index in [2.05, 4.69) is 15.2 Å². The van der Waals surface area contributed by atoms with Gasteiger partial charge in [0, 0.05) is 24.1 Å². The fraction of sp³-hybridized carbons (Fsp3) is 0.167.